The van der Waals surface area contributed by atoms with Crippen LogP contribution in [0, 0.1) is 6.92 Å². The number of hydrogen-bond donors (Lipinski definition) is 2. The number of aromatic nitrogens is 2. The molecular formula is C23H27N5O2. The molecule has 1 aliphatic rings. The summed E-state index contributed by atoms with van der Waals surface area (Å²) in [6, 6.07) is 13.5. The molecule has 0 spiro atoms. The van der Waals surface area contributed by atoms with E-state index in [9.17, 15) is 9.59 Å². The van der Waals surface area contributed by atoms with Gasteiger partial charge in [-0.3, -0.25) is 4.79 Å². The minimum absolute atomic E-state index is 0.0795. The van der Waals surface area contributed by atoms with Crippen molar-refractivity contribution < 1.29 is 9.59 Å². The Morgan fingerprint density at radius 3 is 2.57 bits per heavy atom. The van der Waals surface area contributed by atoms with Crippen molar-refractivity contribution in [3.63, 3.8) is 0 Å². The van der Waals surface area contributed by atoms with Gasteiger partial charge in [0.2, 0.25) is 0 Å². The third-order valence-corrected chi connectivity index (χ3v) is 5.47. The normalized spacial score (nSPS) is 13.6. The lowest BCUT2D eigenvalue weighted by atomic mass is 10.1. The number of fused-ring (bicyclic) bond motifs is 1. The molecule has 7 heteroatoms. The average Bonchev–Trinajstić information content (AvgIpc) is 3.43. The second kappa shape index (κ2) is 8.98. The van der Waals surface area contributed by atoms with E-state index < -0.39 is 0 Å². The highest BCUT2D eigenvalue weighted by molar-refractivity contribution is 5.97. The van der Waals surface area contributed by atoms with Crippen LogP contribution in [-0.2, 0) is 13.1 Å². The summed E-state index contributed by atoms with van der Waals surface area (Å²) in [4.78, 5) is 30.9. The number of hydrogen-bond acceptors (Lipinski definition) is 3. The first-order valence-corrected chi connectivity index (χ1v) is 10.4. The van der Waals surface area contributed by atoms with E-state index in [2.05, 4.69) is 15.6 Å². The van der Waals surface area contributed by atoms with Gasteiger partial charge in [-0.2, -0.15) is 0 Å². The Kier molecular flexibility index (Phi) is 5.97. The Bertz CT molecular complexity index is 1040. The Morgan fingerprint density at radius 1 is 1.03 bits per heavy atom. The maximum absolute atomic E-state index is 12.6. The number of aryl methyl sites for hydroxylation is 1. The summed E-state index contributed by atoms with van der Waals surface area (Å²) in [6.07, 6.45) is 3.91. The van der Waals surface area contributed by atoms with E-state index in [-0.39, 0.29) is 11.9 Å². The van der Waals surface area contributed by atoms with Crippen LogP contribution in [0.3, 0.4) is 0 Å². The molecular weight excluding hydrogens is 378 g/mol. The minimum atomic E-state index is -0.196. The summed E-state index contributed by atoms with van der Waals surface area (Å²) in [7, 11) is 0. The van der Waals surface area contributed by atoms with Crippen LogP contribution in [-0.4, -0.2) is 46.0 Å². The lowest BCUT2D eigenvalue weighted by molar-refractivity contribution is 0.0793. The Balaban J connectivity index is 1.29. The number of benzene rings is 2. The van der Waals surface area contributed by atoms with Crippen molar-refractivity contribution in [2.45, 2.75) is 32.9 Å². The van der Waals surface area contributed by atoms with E-state index in [1.807, 2.05) is 58.9 Å². The van der Waals surface area contributed by atoms with E-state index >= 15 is 0 Å². The van der Waals surface area contributed by atoms with Crippen molar-refractivity contribution in [2.75, 3.05) is 19.6 Å². The third kappa shape index (κ3) is 4.62. The number of carbonyl (C=O) groups excluding carboxylic acids is 2. The van der Waals surface area contributed by atoms with E-state index in [0.29, 0.717) is 25.2 Å². The zero-order valence-corrected chi connectivity index (χ0v) is 17.2. The first-order chi connectivity index (χ1) is 14.6. The fourth-order valence-corrected chi connectivity index (χ4v) is 3.72. The Morgan fingerprint density at radius 2 is 1.80 bits per heavy atom. The largest absolute Gasteiger partial charge is 0.339 e. The van der Waals surface area contributed by atoms with Gasteiger partial charge in [-0.1, -0.05) is 29.8 Å². The standard InChI is InChI=1S/C23H27N5O2/c1-17-4-6-18(7-5-17)15-25-23(30)24-10-13-28-16-26-20-14-19(8-9-21(20)28)22(29)27-11-2-3-12-27/h4-9,14,16H,2-3,10-13,15H2,1H3,(H2,24,25,30). The fraction of sp³-hybridized carbons (Fsp3) is 0.348. The number of carbonyl (C=O) groups is 2. The number of nitrogens with zero attached hydrogens (tertiary/aromatic N) is 3. The van der Waals surface area contributed by atoms with Gasteiger partial charge in [-0.05, 0) is 43.5 Å². The summed E-state index contributed by atoms with van der Waals surface area (Å²) < 4.78 is 1.99. The van der Waals surface area contributed by atoms with Gasteiger partial charge in [0.25, 0.3) is 5.91 Å². The number of urea groups is 1. The molecule has 1 aromatic heterocycles. The lowest BCUT2D eigenvalue weighted by Crippen LogP contribution is -2.36. The highest BCUT2D eigenvalue weighted by Crippen LogP contribution is 2.18. The third-order valence-electron chi connectivity index (χ3n) is 5.47. The zero-order valence-electron chi connectivity index (χ0n) is 17.2. The lowest BCUT2D eigenvalue weighted by Gasteiger charge is -2.15. The van der Waals surface area contributed by atoms with Crippen LogP contribution in [0.5, 0.6) is 0 Å². The zero-order chi connectivity index (χ0) is 20.9. The number of likely N-dealkylation sites (tertiary alicyclic amines) is 1. The van der Waals surface area contributed by atoms with Crippen LogP contribution in [0.25, 0.3) is 11.0 Å². The highest BCUT2D eigenvalue weighted by atomic mass is 16.2. The van der Waals surface area contributed by atoms with Crippen molar-refractivity contribution in [1.29, 1.82) is 0 Å². The molecule has 2 N–H and O–H groups in total. The molecule has 0 saturated carbocycles. The molecule has 1 aliphatic heterocycles. The van der Waals surface area contributed by atoms with Crippen molar-refractivity contribution in [3.8, 4) is 0 Å². The SMILES string of the molecule is Cc1ccc(CNC(=O)NCCn2cnc3cc(C(=O)N4CCCC4)ccc32)cc1. The molecule has 1 fully saturated rings. The molecule has 156 valence electrons. The molecule has 3 amide bonds. The Labute approximate surface area is 176 Å². The Hall–Kier alpha value is -3.35. The van der Waals surface area contributed by atoms with E-state index in [0.717, 1.165) is 42.5 Å². The minimum Gasteiger partial charge on any atom is -0.339 e. The van der Waals surface area contributed by atoms with Gasteiger partial charge in [0.05, 0.1) is 17.4 Å². The number of imidazole rings is 1. The summed E-state index contributed by atoms with van der Waals surface area (Å²) in [5.41, 5.74) is 4.70. The highest BCUT2D eigenvalue weighted by Gasteiger charge is 2.20. The van der Waals surface area contributed by atoms with Gasteiger partial charge in [0.1, 0.15) is 0 Å². The molecule has 4 rings (SSSR count). The fourth-order valence-electron chi connectivity index (χ4n) is 3.72. The average molecular weight is 406 g/mol. The molecule has 2 heterocycles. The van der Waals surface area contributed by atoms with E-state index in [1.165, 1.54) is 5.56 Å². The number of amides is 3. The summed E-state index contributed by atoms with van der Waals surface area (Å²) in [5, 5.41) is 5.74. The predicted molar refractivity (Wildman–Crippen MR) is 116 cm³/mol. The summed E-state index contributed by atoms with van der Waals surface area (Å²) >= 11 is 0. The molecule has 0 bridgehead atoms. The molecule has 30 heavy (non-hydrogen) atoms. The maximum Gasteiger partial charge on any atom is 0.315 e. The first kappa shape index (κ1) is 19.9. The monoisotopic (exact) mass is 405 g/mol. The van der Waals surface area contributed by atoms with Gasteiger partial charge in [-0.15, -0.1) is 0 Å². The van der Waals surface area contributed by atoms with Gasteiger partial charge in [0, 0.05) is 38.3 Å². The number of rotatable bonds is 6. The van der Waals surface area contributed by atoms with Crippen molar-refractivity contribution in [1.82, 2.24) is 25.1 Å². The van der Waals surface area contributed by atoms with E-state index in [4.69, 9.17) is 0 Å². The molecule has 7 nitrogen and oxygen atoms in total. The first-order valence-electron chi connectivity index (χ1n) is 10.4. The van der Waals surface area contributed by atoms with Crippen molar-refractivity contribution >= 4 is 23.0 Å². The molecule has 0 atom stereocenters. The molecule has 3 aromatic rings. The molecule has 2 aromatic carbocycles. The molecule has 0 radical (unpaired) electrons. The van der Waals surface area contributed by atoms with Gasteiger partial charge >= 0.3 is 6.03 Å². The van der Waals surface area contributed by atoms with Crippen LogP contribution in [0.1, 0.15) is 34.3 Å². The van der Waals surface area contributed by atoms with Crippen LogP contribution < -0.4 is 10.6 Å². The summed E-state index contributed by atoms with van der Waals surface area (Å²) in [5.74, 6) is 0.0795. The van der Waals surface area contributed by atoms with Crippen molar-refractivity contribution in [2.24, 2.45) is 0 Å². The molecule has 1 saturated heterocycles. The topological polar surface area (TPSA) is 79.3 Å². The number of nitrogens with one attached hydrogen (secondary N) is 2. The van der Waals surface area contributed by atoms with Gasteiger partial charge in [-0.25, -0.2) is 9.78 Å². The summed E-state index contributed by atoms with van der Waals surface area (Å²) in [6.45, 7) is 5.29. The van der Waals surface area contributed by atoms with Gasteiger partial charge in [0.15, 0.2) is 0 Å². The molecule has 0 unspecified atom stereocenters. The molecule has 0 aliphatic carbocycles. The van der Waals surface area contributed by atoms with Crippen LogP contribution in [0.2, 0.25) is 0 Å². The van der Waals surface area contributed by atoms with Gasteiger partial charge < -0.3 is 20.1 Å². The second-order valence-electron chi connectivity index (χ2n) is 7.74. The maximum atomic E-state index is 12.6. The quantitative estimate of drug-likeness (QED) is 0.661. The second-order valence-corrected chi connectivity index (χ2v) is 7.74. The predicted octanol–water partition coefficient (Wildman–Crippen LogP) is 3.08. The van der Waals surface area contributed by atoms with E-state index in [1.54, 1.807) is 6.33 Å². The van der Waals surface area contributed by atoms with Crippen LogP contribution in [0.15, 0.2) is 48.8 Å². The van der Waals surface area contributed by atoms with Crippen LogP contribution in [0.4, 0.5) is 4.79 Å². The van der Waals surface area contributed by atoms with Crippen molar-refractivity contribution in [3.05, 3.63) is 65.5 Å². The smallest absolute Gasteiger partial charge is 0.315 e. The van der Waals surface area contributed by atoms with Crippen LogP contribution >= 0.6 is 0 Å².